The molecule has 0 bridgehead atoms. The zero-order chi connectivity index (χ0) is 23.7. The van der Waals surface area contributed by atoms with Gasteiger partial charge in [0.15, 0.2) is 0 Å². The van der Waals surface area contributed by atoms with Crippen LogP contribution < -0.4 is 10.1 Å². The average molecular weight is 450 g/mol. The molecule has 0 unspecified atom stereocenters. The Bertz CT molecular complexity index is 1580. The molecule has 0 amide bonds. The van der Waals surface area contributed by atoms with E-state index in [2.05, 4.69) is 21.2 Å². The molecule has 0 aliphatic heterocycles. The number of phenolic OH excluding ortho intramolecular Hbond substituents is 1. The molecule has 0 aliphatic rings. The van der Waals surface area contributed by atoms with E-state index in [-0.39, 0.29) is 17.3 Å². The van der Waals surface area contributed by atoms with E-state index < -0.39 is 5.82 Å². The first kappa shape index (κ1) is 21.2. The van der Waals surface area contributed by atoms with Crippen LogP contribution in [-0.4, -0.2) is 27.2 Å². The second-order valence-electron chi connectivity index (χ2n) is 7.64. The minimum absolute atomic E-state index is 0.0121. The van der Waals surface area contributed by atoms with Crippen molar-refractivity contribution in [3.05, 3.63) is 83.8 Å². The number of nitrogens with one attached hydrogen (secondary N) is 1. The number of fused-ring (bicyclic) bond motifs is 2. The van der Waals surface area contributed by atoms with Gasteiger partial charge in [-0.25, -0.2) is 14.4 Å². The predicted molar refractivity (Wildman–Crippen MR) is 130 cm³/mol. The first-order valence-corrected chi connectivity index (χ1v) is 10.5. The van der Waals surface area contributed by atoms with E-state index in [1.165, 1.54) is 19.2 Å². The van der Waals surface area contributed by atoms with Crippen molar-refractivity contribution in [2.75, 3.05) is 12.4 Å². The molecule has 0 saturated carbocycles. The molecule has 5 rings (SSSR count). The van der Waals surface area contributed by atoms with Gasteiger partial charge in [0.2, 0.25) is 0 Å². The fraction of sp³-hybridized carbons (Fsp3) is 0.0741. The Labute approximate surface area is 195 Å². The summed E-state index contributed by atoms with van der Waals surface area (Å²) in [6.45, 7) is 0.517. The van der Waals surface area contributed by atoms with Gasteiger partial charge in [0.25, 0.3) is 0 Å². The highest BCUT2D eigenvalue weighted by Gasteiger charge is 2.17. The number of hydrogen-bond acceptors (Lipinski definition) is 6. The van der Waals surface area contributed by atoms with Gasteiger partial charge in [0.05, 0.1) is 29.3 Å². The van der Waals surface area contributed by atoms with E-state index in [4.69, 9.17) is 16.1 Å². The van der Waals surface area contributed by atoms with Crippen molar-refractivity contribution in [3.63, 3.8) is 0 Å². The van der Waals surface area contributed by atoms with Gasteiger partial charge in [0.1, 0.15) is 17.4 Å². The lowest BCUT2D eigenvalue weighted by Gasteiger charge is -2.14. The predicted octanol–water partition coefficient (Wildman–Crippen LogP) is 5.29. The van der Waals surface area contributed by atoms with E-state index in [1.54, 1.807) is 24.4 Å². The van der Waals surface area contributed by atoms with Crippen molar-refractivity contribution >= 4 is 27.5 Å². The minimum Gasteiger partial charge on any atom is -0.508 e. The molecule has 34 heavy (non-hydrogen) atoms. The van der Waals surface area contributed by atoms with Crippen molar-refractivity contribution in [3.8, 4) is 35.4 Å². The van der Waals surface area contributed by atoms with E-state index in [0.29, 0.717) is 45.3 Å². The Kier molecular flexibility index (Phi) is 5.40. The number of benzene rings is 3. The zero-order valence-electron chi connectivity index (χ0n) is 18.2. The SMILES string of the molecule is C#Cc1c(F)ccc2cc(O)cc(-c3cc4nc(OC)ncc4c(NCc4ccccc4)n3)c12. The molecular formula is C27H19FN4O2. The summed E-state index contributed by atoms with van der Waals surface area (Å²) in [6.07, 6.45) is 7.29. The molecule has 7 heteroatoms. The van der Waals surface area contributed by atoms with Crippen LogP contribution in [-0.2, 0) is 6.54 Å². The van der Waals surface area contributed by atoms with Crippen LogP contribution in [0, 0.1) is 18.2 Å². The van der Waals surface area contributed by atoms with Crippen molar-refractivity contribution < 1.29 is 14.2 Å². The number of hydrogen-bond donors (Lipinski definition) is 2. The summed E-state index contributed by atoms with van der Waals surface area (Å²) in [7, 11) is 1.49. The molecule has 2 heterocycles. The Morgan fingerprint density at radius 2 is 1.91 bits per heavy atom. The largest absolute Gasteiger partial charge is 0.508 e. The quantitative estimate of drug-likeness (QED) is 0.354. The monoisotopic (exact) mass is 450 g/mol. The number of terminal acetylenes is 1. The van der Waals surface area contributed by atoms with Crippen molar-refractivity contribution in [2.24, 2.45) is 0 Å². The van der Waals surface area contributed by atoms with Gasteiger partial charge in [-0.3, -0.25) is 0 Å². The third kappa shape index (κ3) is 3.82. The smallest absolute Gasteiger partial charge is 0.316 e. The number of anilines is 1. The molecule has 0 radical (unpaired) electrons. The van der Waals surface area contributed by atoms with Crippen LogP contribution in [0.5, 0.6) is 11.8 Å². The lowest BCUT2D eigenvalue weighted by molar-refractivity contribution is 0.382. The fourth-order valence-corrected chi connectivity index (χ4v) is 3.93. The van der Waals surface area contributed by atoms with Gasteiger partial charge in [-0.2, -0.15) is 4.98 Å². The molecule has 6 nitrogen and oxygen atoms in total. The Balaban J connectivity index is 1.75. The highest BCUT2D eigenvalue weighted by molar-refractivity contribution is 6.03. The summed E-state index contributed by atoms with van der Waals surface area (Å²) < 4.78 is 19.8. The Hall–Kier alpha value is -4.70. The molecule has 0 atom stereocenters. The number of aromatic nitrogens is 3. The maximum Gasteiger partial charge on any atom is 0.316 e. The number of methoxy groups -OCH3 is 1. The molecule has 0 saturated heterocycles. The second kappa shape index (κ2) is 8.68. The number of ether oxygens (including phenoxy) is 1. The van der Waals surface area contributed by atoms with E-state index in [1.807, 2.05) is 30.3 Å². The standard InChI is InChI=1S/C27H19FN4O2/c1-3-19-22(28)10-9-17-11-18(33)12-20(25(17)19)23-13-24-21(15-30-27(32-24)34-2)26(31-23)29-14-16-7-5-4-6-8-16/h1,4-13,15,33H,14H2,2H3,(H,29,31). The number of aromatic hydroxyl groups is 1. The van der Waals surface area contributed by atoms with Crippen molar-refractivity contribution in [1.82, 2.24) is 15.0 Å². The first-order chi connectivity index (χ1) is 16.6. The summed E-state index contributed by atoms with van der Waals surface area (Å²) in [4.78, 5) is 13.5. The normalized spacial score (nSPS) is 10.9. The lowest BCUT2D eigenvalue weighted by atomic mass is 9.96. The lowest BCUT2D eigenvalue weighted by Crippen LogP contribution is -2.04. The van der Waals surface area contributed by atoms with Gasteiger partial charge in [-0.05, 0) is 35.2 Å². The highest BCUT2D eigenvalue weighted by atomic mass is 19.1. The average Bonchev–Trinajstić information content (AvgIpc) is 2.87. The number of halogens is 1. The Morgan fingerprint density at radius 1 is 1.09 bits per heavy atom. The molecule has 2 aromatic heterocycles. The maximum atomic E-state index is 14.6. The summed E-state index contributed by atoms with van der Waals surface area (Å²) in [6, 6.07) is 17.8. The fourth-order valence-electron chi connectivity index (χ4n) is 3.93. The molecule has 0 aliphatic carbocycles. The van der Waals surface area contributed by atoms with Crippen molar-refractivity contribution in [2.45, 2.75) is 6.54 Å². The van der Waals surface area contributed by atoms with E-state index in [9.17, 15) is 9.50 Å². The summed E-state index contributed by atoms with van der Waals surface area (Å²) in [5.41, 5.74) is 2.70. The van der Waals surface area contributed by atoms with Gasteiger partial charge >= 0.3 is 6.01 Å². The third-order valence-electron chi connectivity index (χ3n) is 5.51. The van der Waals surface area contributed by atoms with Crippen LogP contribution in [0.1, 0.15) is 11.1 Å². The van der Waals surface area contributed by atoms with Gasteiger partial charge in [-0.15, -0.1) is 6.42 Å². The maximum absolute atomic E-state index is 14.6. The van der Waals surface area contributed by atoms with Gasteiger partial charge in [0, 0.05) is 23.7 Å². The van der Waals surface area contributed by atoms with Crippen LogP contribution in [0.3, 0.4) is 0 Å². The molecule has 0 fully saturated rings. The zero-order valence-corrected chi connectivity index (χ0v) is 18.2. The number of nitrogens with zero attached hydrogens (tertiary/aromatic N) is 3. The third-order valence-corrected chi connectivity index (χ3v) is 5.51. The summed E-state index contributed by atoms with van der Waals surface area (Å²) in [5.74, 6) is 2.47. The van der Waals surface area contributed by atoms with Crippen LogP contribution in [0.2, 0.25) is 0 Å². The molecular weight excluding hydrogens is 431 g/mol. The van der Waals surface area contributed by atoms with Crippen molar-refractivity contribution in [1.29, 1.82) is 0 Å². The summed E-state index contributed by atoms with van der Waals surface area (Å²) >= 11 is 0. The topological polar surface area (TPSA) is 80.2 Å². The van der Waals surface area contributed by atoms with Crippen LogP contribution in [0.15, 0.2) is 66.9 Å². The second-order valence-corrected chi connectivity index (χ2v) is 7.64. The van der Waals surface area contributed by atoms with Crippen LogP contribution in [0.4, 0.5) is 10.2 Å². The molecule has 166 valence electrons. The first-order valence-electron chi connectivity index (χ1n) is 10.5. The van der Waals surface area contributed by atoms with Gasteiger partial charge in [-0.1, -0.05) is 42.3 Å². The minimum atomic E-state index is -0.519. The number of phenols is 1. The molecule has 2 N–H and O–H groups in total. The van der Waals surface area contributed by atoms with Gasteiger partial charge < -0.3 is 15.2 Å². The van der Waals surface area contributed by atoms with Crippen LogP contribution >= 0.6 is 0 Å². The number of pyridine rings is 1. The molecule has 5 aromatic rings. The van der Waals surface area contributed by atoms with E-state index >= 15 is 0 Å². The Morgan fingerprint density at radius 3 is 2.68 bits per heavy atom. The molecule has 0 spiro atoms. The van der Waals surface area contributed by atoms with Crippen LogP contribution in [0.25, 0.3) is 32.9 Å². The molecule has 3 aromatic carbocycles. The summed E-state index contributed by atoms with van der Waals surface area (Å²) in [5, 5.41) is 15.5. The highest BCUT2D eigenvalue weighted by Crippen LogP contribution is 2.37. The van der Waals surface area contributed by atoms with E-state index in [0.717, 1.165) is 5.56 Å². The number of rotatable bonds is 5.